The Kier molecular flexibility index (Phi) is 57.1. The Morgan fingerprint density at radius 2 is 0.758 bits per heavy atom. The molecule has 0 bridgehead atoms. The fraction of sp³-hybridized carbons (Fsp3) is 0.857. The molecule has 91 heavy (non-hydrogen) atoms. The van der Waals surface area contributed by atoms with Crippen molar-refractivity contribution in [2.45, 2.75) is 402 Å². The van der Waals surface area contributed by atoms with Gasteiger partial charge < -0.3 is 65.1 Å². The molecule has 0 saturated carbocycles. The normalized spacial score (nSPS) is 23.1. The average molecular weight is 1290 g/mol. The molecule has 0 radical (unpaired) electrons. The van der Waals surface area contributed by atoms with Crippen molar-refractivity contribution in [1.82, 2.24) is 5.32 Å². The number of carbonyl (C=O) groups excluding carboxylic acids is 1. The number of ether oxygens (including phenoxy) is 4. The Morgan fingerprint density at radius 3 is 1.16 bits per heavy atom. The fourth-order valence-corrected chi connectivity index (χ4v) is 12.5. The molecule has 0 aromatic rings. The molecule has 9 N–H and O–H groups in total. The maximum atomic E-state index is 13.4. The van der Waals surface area contributed by atoms with E-state index in [1.165, 1.54) is 218 Å². The second-order valence-electron chi connectivity index (χ2n) is 26.8. The monoisotopic (exact) mass is 1290 g/mol. The SMILES string of the molecule is CC/C=C\C/C=C\C/C=C\C/C=C\C/C=C\CCCCCCCCCCCCCCCCCCCCCCCCCC(=O)NC(COC1OC(CO)C(OC2OC(CO)C(O)C(O)C2O)C(O)C1O)C(O)CCCCCCCCCCCCCCCCCCCC. The minimum Gasteiger partial charge on any atom is -0.394 e. The zero-order chi connectivity index (χ0) is 65.9. The summed E-state index contributed by atoms with van der Waals surface area (Å²) in [7, 11) is 0. The third-order valence-electron chi connectivity index (χ3n) is 18.5. The summed E-state index contributed by atoms with van der Waals surface area (Å²) in [6.07, 6.45) is 65.4. The molecule has 14 nitrogen and oxygen atoms in total. The van der Waals surface area contributed by atoms with Gasteiger partial charge in [0.2, 0.25) is 5.91 Å². The topological polar surface area (TPSA) is 228 Å². The van der Waals surface area contributed by atoms with Crippen LogP contribution in [0, 0.1) is 0 Å². The Morgan fingerprint density at radius 1 is 0.407 bits per heavy atom. The highest BCUT2D eigenvalue weighted by Gasteiger charge is 2.51. The Labute approximate surface area is 556 Å². The zero-order valence-electron chi connectivity index (χ0n) is 58.1. The Hall–Kier alpha value is -2.31. The molecule has 0 spiro atoms. The van der Waals surface area contributed by atoms with Crippen LogP contribution in [0.3, 0.4) is 0 Å². The molecule has 0 aliphatic carbocycles. The summed E-state index contributed by atoms with van der Waals surface area (Å²) in [4.78, 5) is 13.4. The molecule has 2 fully saturated rings. The van der Waals surface area contributed by atoms with Crippen molar-refractivity contribution in [2.24, 2.45) is 0 Å². The predicted octanol–water partition coefficient (Wildman–Crippen LogP) is 16.4. The van der Waals surface area contributed by atoms with Gasteiger partial charge in [0.1, 0.15) is 48.8 Å². The number of unbranched alkanes of at least 4 members (excludes halogenated alkanes) is 40. The van der Waals surface area contributed by atoms with Crippen LogP contribution < -0.4 is 5.32 Å². The number of allylic oxidation sites excluding steroid dienone is 10. The second kappa shape index (κ2) is 61.3. The number of rotatable bonds is 63. The van der Waals surface area contributed by atoms with E-state index in [1.807, 2.05) is 0 Å². The van der Waals surface area contributed by atoms with E-state index < -0.39 is 86.8 Å². The summed E-state index contributed by atoms with van der Waals surface area (Å²) in [6, 6.07) is -0.829. The van der Waals surface area contributed by atoms with Gasteiger partial charge in [0, 0.05) is 6.42 Å². The van der Waals surface area contributed by atoms with E-state index in [1.54, 1.807) is 0 Å². The van der Waals surface area contributed by atoms with Crippen molar-refractivity contribution in [3.63, 3.8) is 0 Å². The highest BCUT2D eigenvalue weighted by molar-refractivity contribution is 5.76. The standard InChI is InChI=1S/C77H141NO13/c1-3-5-7-9-11-13-15-17-19-21-23-24-25-26-27-28-29-30-31-32-33-34-35-36-37-38-39-40-41-42-43-45-47-49-51-53-55-57-59-61-69(82)78-65(66(81)60-58-56-54-52-50-48-46-44-22-20-18-16-14-12-10-8-6-4-2)64-88-76-74(87)72(85)75(68(63-80)90-76)91-77-73(86)71(84)70(83)67(62-79)89-77/h5,7,11,13,17,19,23-24,26-27,65-68,70-77,79-81,83-87H,3-4,6,8-10,12,14-16,18,20-22,25,28-64H2,1-2H3,(H,78,82)/b7-5-,13-11-,19-17-,24-23-,27-26-. The molecule has 1 amide bonds. The molecule has 2 rings (SSSR count). The molecule has 12 atom stereocenters. The maximum Gasteiger partial charge on any atom is 0.220 e. The Balaban J connectivity index is 1.56. The van der Waals surface area contributed by atoms with E-state index in [4.69, 9.17) is 18.9 Å². The van der Waals surface area contributed by atoms with Crippen LogP contribution in [0.2, 0.25) is 0 Å². The highest BCUT2D eigenvalue weighted by Crippen LogP contribution is 2.30. The van der Waals surface area contributed by atoms with Crippen molar-refractivity contribution in [3.8, 4) is 0 Å². The lowest BCUT2D eigenvalue weighted by atomic mass is 9.97. The lowest BCUT2D eigenvalue weighted by molar-refractivity contribution is -0.359. The van der Waals surface area contributed by atoms with Crippen LogP contribution >= 0.6 is 0 Å². The van der Waals surface area contributed by atoms with Gasteiger partial charge in [0.25, 0.3) is 0 Å². The lowest BCUT2D eigenvalue weighted by Gasteiger charge is -2.46. The van der Waals surface area contributed by atoms with Crippen LogP contribution in [0.5, 0.6) is 0 Å². The number of nitrogens with one attached hydrogen (secondary N) is 1. The number of aliphatic hydroxyl groups excluding tert-OH is 8. The molecule has 2 aliphatic rings. The first-order chi connectivity index (χ1) is 44.6. The van der Waals surface area contributed by atoms with Gasteiger partial charge in [-0.2, -0.15) is 0 Å². The van der Waals surface area contributed by atoms with Crippen molar-refractivity contribution in [2.75, 3.05) is 19.8 Å². The van der Waals surface area contributed by atoms with Crippen molar-refractivity contribution >= 4 is 5.91 Å². The van der Waals surface area contributed by atoms with Gasteiger partial charge in [-0.3, -0.25) is 4.79 Å². The molecule has 2 heterocycles. The smallest absolute Gasteiger partial charge is 0.220 e. The molecule has 532 valence electrons. The van der Waals surface area contributed by atoms with Gasteiger partial charge in [0.05, 0.1) is 32.0 Å². The van der Waals surface area contributed by atoms with Gasteiger partial charge in [-0.15, -0.1) is 0 Å². The first-order valence-electron chi connectivity index (χ1n) is 38.0. The fourth-order valence-electron chi connectivity index (χ4n) is 12.5. The summed E-state index contributed by atoms with van der Waals surface area (Å²) in [5.41, 5.74) is 0. The lowest BCUT2D eigenvalue weighted by Crippen LogP contribution is -2.65. The number of aliphatic hydroxyl groups is 8. The predicted molar refractivity (Wildman–Crippen MR) is 374 cm³/mol. The second-order valence-corrected chi connectivity index (χ2v) is 26.8. The van der Waals surface area contributed by atoms with Crippen LogP contribution in [0.25, 0.3) is 0 Å². The molecule has 2 saturated heterocycles. The van der Waals surface area contributed by atoms with E-state index in [0.717, 1.165) is 83.5 Å². The molecule has 0 aromatic heterocycles. The van der Waals surface area contributed by atoms with Crippen LogP contribution in [0.15, 0.2) is 60.8 Å². The van der Waals surface area contributed by atoms with Gasteiger partial charge in [-0.05, 0) is 57.8 Å². The van der Waals surface area contributed by atoms with Crippen LogP contribution in [0.4, 0.5) is 0 Å². The van der Waals surface area contributed by atoms with Crippen LogP contribution in [-0.2, 0) is 23.7 Å². The van der Waals surface area contributed by atoms with Gasteiger partial charge in [-0.1, -0.05) is 325 Å². The molecular weight excluding hydrogens is 1150 g/mol. The quantitative estimate of drug-likeness (QED) is 0.0204. The number of hydrogen-bond acceptors (Lipinski definition) is 13. The minimum absolute atomic E-state index is 0.201. The third kappa shape index (κ3) is 44.9. The third-order valence-corrected chi connectivity index (χ3v) is 18.5. The largest absolute Gasteiger partial charge is 0.394 e. The van der Waals surface area contributed by atoms with Crippen molar-refractivity contribution in [3.05, 3.63) is 60.8 Å². The van der Waals surface area contributed by atoms with E-state index in [9.17, 15) is 45.6 Å². The van der Waals surface area contributed by atoms with E-state index in [-0.39, 0.29) is 12.5 Å². The molecular formula is C77H141NO13. The Bertz CT molecular complexity index is 1760. The molecule has 0 aromatic carbocycles. The zero-order valence-corrected chi connectivity index (χ0v) is 58.1. The molecule has 12 unspecified atom stereocenters. The van der Waals surface area contributed by atoms with E-state index in [0.29, 0.717) is 12.8 Å². The summed E-state index contributed by atoms with van der Waals surface area (Å²) >= 11 is 0. The highest BCUT2D eigenvalue weighted by atomic mass is 16.7. The average Bonchev–Trinajstić information content (AvgIpc) is 1.19. The number of hydrogen-bond donors (Lipinski definition) is 9. The summed E-state index contributed by atoms with van der Waals surface area (Å²) < 4.78 is 22.9. The first-order valence-corrected chi connectivity index (χ1v) is 38.0. The number of carbonyl (C=O) groups is 1. The van der Waals surface area contributed by atoms with Crippen molar-refractivity contribution < 1.29 is 64.6 Å². The van der Waals surface area contributed by atoms with Gasteiger partial charge in [-0.25, -0.2) is 0 Å². The van der Waals surface area contributed by atoms with E-state index >= 15 is 0 Å². The van der Waals surface area contributed by atoms with E-state index in [2.05, 4.69) is 79.9 Å². The van der Waals surface area contributed by atoms with Crippen molar-refractivity contribution in [1.29, 1.82) is 0 Å². The summed E-state index contributed by atoms with van der Waals surface area (Å²) in [5, 5.41) is 87.7. The van der Waals surface area contributed by atoms with Gasteiger partial charge in [0.15, 0.2) is 12.6 Å². The maximum absolute atomic E-state index is 13.4. The number of amides is 1. The first kappa shape index (κ1) is 84.8. The summed E-state index contributed by atoms with van der Waals surface area (Å²) in [5.74, 6) is -0.201. The van der Waals surface area contributed by atoms with Crippen LogP contribution in [-0.4, -0.2) is 140 Å². The molecule has 2 aliphatic heterocycles. The van der Waals surface area contributed by atoms with Gasteiger partial charge >= 0.3 is 0 Å². The molecule has 14 heteroatoms. The van der Waals surface area contributed by atoms with Crippen LogP contribution in [0.1, 0.15) is 328 Å². The summed E-state index contributed by atoms with van der Waals surface area (Å²) in [6.45, 7) is 2.79. The minimum atomic E-state index is -1.78.